The third kappa shape index (κ3) is 3.05. The molecule has 2 aliphatic rings. The molecule has 1 aliphatic carbocycles. The van der Waals surface area contributed by atoms with Crippen molar-refractivity contribution in [3.8, 4) is 5.75 Å². The van der Waals surface area contributed by atoms with Crippen LogP contribution in [0.3, 0.4) is 0 Å². The minimum absolute atomic E-state index is 0.00283. The van der Waals surface area contributed by atoms with E-state index in [1.165, 1.54) is 18.5 Å². The van der Waals surface area contributed by atoms with Crippen LogP contribution in [0.2, 0.25) is 0 Å². The Balaban J connectivity index is 1.33. The van der Waals surface area contributed by atoms with Crippen molar-refractivity contribution in [2.45, 2.75) is 25.3 Å². The first-order valence-corrected chi connectivity index (χ1v) is 9.47. The van der Waals surface area contributed by atoms with Gasteiger partial charge in [0, 0.05) is 48.3 Å². The quantitative estimate of drug-likeness (QED) is 0.698. The number of aromatic nitrogens is 3. The largest absolute Gasteiger partial charge is 0.497 e. The molecule has 3 heterocycles. The summed E-state index contributed by atoms with van der Waals surface area (Å²) in [4.78, 5) is 18.9. The lowest BCUT2D eigenvalue weighted by Crippen LogP contribution is -2.49. The molecule has 5 rings (SSSR count). The maximum Gasteiger partial charge on any atom is 0.266 e. The normalized spacial score (nSPS) is 17.1. The van der Waals surface area contributed by atoms with E-state index in [0.29, 0.717) is 18.4 Å². The van der Waals surface area contributed by atoms with Crippen molar-refractivity contribution in [3.05, 3.63) is 58.6 Å². The van der Waals surface area contributed by atoms with Crippen molar-refractivity contribution in [2.24, 2.45) is 5.92 Å². The molecule has 2 aromatic heterocycles. The second-order valence-electron chi connectivity index (χ2n) is 7.54. The van der Waals surface area contributed by atoms with Gasteiger partial charge in [-0.3, -0.25) is 9.78 Å². The monoisotopic (exact) mass is 362 g/mol. The highest BCUT2D eigenvalue weighted by Crippen LogP contribution is 2.38. The van der Waals surface area contributed by atoms with Crippen molar-refractivity contribution in [1.29, 1.82) is 0 Å². The van der Waals surface area contributed by atoms with Gasteiger partial charge in [0.1, 0.15) is 5.75 Å². The summed E-state index contributed by atoms with van der Waals surface area (Å²) in [6, 6.07) is 11.6. The topological polar surface area (TPSA) is 60.2 Å². The van der Waals surface area contributed by atoms with Crippen molar-refractivity contribution >= 4 is 16.6 Å². The van der Waals surface area contributed by atoms with Crippen LogP contribution in [0.5, 0.6) is 5.75 Å². The molecule has 138 valence electrons. The number of rotatable bonds is 5. The number of hydrogen-bond acceptors (Lipinski definition) is 5. The summed E-state index contributed by atoms with van der Waals surface area (Å²) >= 11 is 0. The zero-order chi connectivity index (χ0) is 18.4. The van der Waals surface area contributed by atoms with Crippen molar-refractivity contribution in [1.82, 2.24) is 14.8 Å². The van der Waals surface area contributed by atoms with E-state index in [0.717, 1.165) is 35.4 Å². The number of benzene rings is 1. The first-order valence-electron chi connectivity index (χ1n) is 9.47. The molecule has 1 aromatic carbocycles. The first-order chi connectivity index (χ1) is 13.2. The van der Waals surface area contributed by atoms with Gasteiger partial charge in [0.15, 0.2) is 0 Å². The van der Waals surface area contributed by atoms with E-state index in [9.17, 15) is 4.79 Å². The Morgan fingerprint density at radius 2 is 2.00 bits per heavy atom. The highest BCUT2D eigenvalue weighted by atomic mass is 16.5. The maximum absolute atomic E-state index is 12.2. The van der Waals surface area contributed by atoms with Gasteiger partial charge in [0.25, 0.3) is 5.56 Å². The van der Waals surface area contributed by atoms with Gasteiger partial charge in [-0.15, -0.1) is 0 Å². The Labute approximate surface area is 157 Å². The van der Waals surface area contributed by atoms with Gasteiger partial charge in [-0.05, 0) is 43.2 Å². The molecule has 27 heavy (non-hydrogen) atoms. The summed E-state index contributed by atoms with van der Waals surface area (Å²) < 4.78 is 7.02. The highest BCUT2D eigenvalue weighted by molar-refractivity contribution is 5.92. The molecule has 2 fully saturated rings. The fourth-order valence-electron chi connectivity index (χ4n) is 3.83. The van der Waals surface area contributed by atoms with Crippen molar-refractivity contribution in [2.75, 3.05) is 25.1 Å². The van der Waals surface area contributed by atoms with Gasteiger partial charge < -0.3 is 9.64 Å². The van der Waals surface area contributed by atoms with Crippen LogP contribution < -0.4 is 15.2 Å². The van der Waals surface area contributed by atoms with Crippen LogP contribution in [-0.4, -0.2) is 35.0 Å². The molecular formula is C21H22N4O2. The van der Waals surface area contributed by atoms with Crippen LogP contribution in [0, 0.1) is 5.92 Å². The number of ether oxygens (including phenoxy) is 1. The van der Waals surface area contributed by atoms with E-state index in [4.69, 9.17) is 4.74 Å². The molecular weight excluding hydrogens is 340 g/mol. The molecule has 1 aliphatic heterocycles. The molecule has 3 aromatic rings. The van der Waals surface area contributed by atoms with Gasteiger partial charge in [-0.2, -0.15) is 5.10 Å². The fraction of sp³-hybridized carbons (Fsp3) is 0.381. The van der Waals surface area contributed by atoms with Gasteiger partial charge in [-0.25, -0.2) is 4.68 Å². The summed E-state index contributed by atoms with van der Waals surface area (Å²) in [7, 11) is 1.68. The smallest absolute Gasteiger partial charge is 0.266 e. The second kappa shape index (κ2) is 6.37. The number of hydrogen-bond donors (Lipinski definition) is 0. The summed E-state index contributed by atoms with van der Waals surface area (Å²) in [6.07, 6.45) is 4.24. The number of pyridine rings is 1. The number of nitrogens with zero attached hydrogens (tertiary/aromatic N) is 4. The Bertz CT molecular complexity index is 1050. The van der Waals surface area contributed by atoms with E-state index in [1.807, 2.05) is 30.5 Å². The van der Waals surface area contributed by atoms with Crippen LogP contribution in [-0.2, 0) is 6.54 Å². The third-order valence-corrected chi connectivity index (χ3v) is 5.54. The Hall–Kier alpha value is -2.89. The van der Waals surface area contributed by atoms with E-state index < -0.39 is 0 Å². The van der Waals surface area contributed by atoms with Crippen molar-refractivity contribution < 1.29 is 4.74 Å². The molecule has 6 heteroatoms. The summed E-state index contributed by atoms with van der Waals surface area (Å²) in [6.45, 7) is 2.51. The van der Waals surface area contributed by atoms with Crippen LogP contribution in [0.15, 0.2) is 47.4 Å². The molecule has 0 radical (unpaired) electrons. The van der Waals surface area contributed by atoms with Gasteiger partial charge in [0.2, 0.25) is 0 Å². The zero-order valence-corrected chi connectivity index (χ0v) is 15.3. The summed E-state index contributed by atoms with van der Waals surface area (Å²) in [5, 5.41) is 5.68. The fourth-order valence-corrected chi connectivity index (χ4v) is 3.83. The number of methoxy groups -OCH3 is 1. The first kappa shape index (κ1) is 16.3. The van der Waals surface area contributed by atoms with Crippen LogP contribution in [0.25, 0.3) is 10.9 Å². The zero-order valence-electron chi connectivity index (χ0n) is 15.3. The Morgan fingerprint density at radius 3 is 2.78 bits per heavy atom. The Morgan fingerprint density at radius 1 is 1.15 bits per heavy atom. The molecule has 0 unspecified atom stereocenters. The average Bonchev–Trinajstić information content (AvgIpc) is 3.50. The molecule has 1 saturated carbocycles. The maximum atomic E-state index is 12.2. The van der Waals surface area contributed by atoms with Gasteiger partial charge >= 0.3 is 0 Å². The van der Waals surface area contributed by atoms with Crippen molar-refractivity contribution in [3.63, 3.8) is 0 Å². The number of anilines is 1. The van der Waals surface area contributed by atoms with E-state index in [-0.39, 0.29) is 5.56 Å². The van der Waals surface area contributed by atoms with Gasteiger partial charge in [0.05, 0.1) is 24.9 Å². The average molecular weight is 362 g/mol. The lowest BCUT2D eigenvalue weighted by atomic mass is 9.98. The lowest BCUT2D eigenvalue weighted by Gasteiger charge is -2.41. The third-order valence-electron chi connectivity index (χ3n) is 5.54. The van der Waals surface area contributed by atoms with Crippen LogP contribution >= 0.6 is 0 Å². The summed E-state index contributed by atoms with van der Waals surface area (Å²) in [5.74, 6) is 1.83. The molecule has 0 N–H and O–H groups in total. The molecule has 0 amide bonds. The van der Waals surface area contributed by atoms with E-state index in [1.54, 1.807) is 17.9 Å². The molecule has 0 bridgehead atoms. The predicted octanol–water partition coefficient (Wildman–Crippen LogP) is 2.81. The van der Waals surface area contributed by atoms with Gasteiger partial charge in [-0.1, -0.05) is 0 Å². The highest BCUT2D eigenvalue weighted by Gasteiger charge is 2.30. The standard InChI is InChI=1S/C21H22N4O2/c1-27-16-4-5-19-17(10-16)20(8-9-22-19)24-11-14(12-24)13-25-21(26)7-6-18(23-25)15-2-3-15/h4-10,14-15H,2-3,11-13H2,1H3. The van der Waals surface area contributed by atoms with Crippen LogP contribution in [0.4, 0.5) is 5.69 Å². The lowest BCUT2D eigenvalue weighted by molar-refractivity contribution is 0.333. The summed E-state index contributed by atoms with van der Waals surface area (Å²) in [5.41, 5.74) is 3.20. The minimum atomic E-state index is -0.00283. The SMILES string of the molecule is COc1ccc2nccc(N3CC(Cn4nc(C5CC5)ccc4=O)C3)c2c1. The predicted molar refractivity (Wildman–Crippen MR) is 104 cm³/mol. The molecule has 1 saturated heterocycles. The molecule has 6 nitrogen and oxygen atoms in total. The second-order valence-corrected chi connectivity index (χ2v) is 7.54. The van der Waals surface area contributed by atoms with E-state index in [2.05, 4.69) is 21.0 Å². The van der Waals surface area contributed by atoms with Crippen LogP contribution in [0.1, 0.15) is 24.5 Å². The molecule has 0 spiro atoms. The number of fused-ring (bicyclic) bond motifs is 1. The molecule has 0 atom stereocenters. The van der Waals surface area contributed by atoms with E-state index >= 15 is 0 Å². The minimum Gasteiger partial charge on any atom is -0.497 e. The Kier molecular flexibility index (Phi) is 3.85.